The molecule has 1 saturated heterocycles. The van der Waals surface area contributed by atoms with Crippen LogP contribution in [0.2, 0.25) is 0 Å². The third-order valence-electron chi connectivity index (χ3n) is 5.78. The minimum absolute atomic E-state index is 0.0167. The summed E-state index contributed by atoms with van der Waals surface area (Å²) < 4.78 is 16.4. The average molecular weight is 481 g/mol. The van der Waals surface area contributed by atoms with E-state index in [0.29, 0.717) is 47.9 Å². The summed E-state index contributed by atoms with van der Waals surface area (Å²) in [4.78, 5) is 29.9. The first-order valence-corrected chi connectivity index (χ1v) is 11.3. The molecule has 1 N–H and O–H groups in total. The number of hydrogen-bond acceptors (Lipinski definition) is 7. The number of hydrogen-bond donors (Lipinski definition) is 1. The average Bonchev–Trinajstić information content (AvgIpc) is 3.11. The van der Waals surface area contributed by atoms with Crippen LogP contribution in [0.5, 0.6) is 17.2 Å². The molecule has 0 bridgehead atoms. The molecule has 1 aliphatic rings. The highest BCUT2D eigenvalue weighted by Crippen LogP contribution is 2.43. The van der Waals surface area contributed by atoms with Gasteiger partial charge in [-0.1, -0.05) is 12.7 Å². The van der Waals surface area contributed by atoms with Crippen molar-refractivity contribution in [3.8, 4) is 17.2 Å². The highest BCUT2D eigenvalue weighted by atomic mass is 16.5. The van der Waals surface area contributed by atoms with Crippen LogP contribution in [-0.4, -0.2) is 74.6 Å². The number of likely N-dealkylation sites (tertiary alicyclic amines) is 1. The SMILES string of the molecule is C=CCOc1ccc(/C(O)=C2\C(=O)C(=O)N(CCCN(C)C)C2c2ccc(OC)cc2OC)cc1. The lowest BCUT2D eigenvalue weighted by molar-refractivity contribution is -0.140. The quantitative estimate of drug-likeness (QED) is 0.227. The molecule has 0 aromatic heterocycles. The molecule has 1 unspecified atom stereocenters. The van der Waals surface area contributed by atoms with Crippen molar-refractivity contribution in [3.63, 3.8) is 0 Å². The van der Waals surface area contributed by atoms with E-state index in [-0.39, 0.29) is 11.3 Å². The van der Waals surface area contributed by atoms with Gasteiger partial charge in [-0.2, -0.15) is 0 Å². The number of benzene rings is 2. The Morgan fingerprint density at radius 3 is 2.37 bits per heavy atom. The topological polar surface area (TPSA) is 88.5 Å². The Hall–Kier alpha value is -3.78. The standard InChI is InChI=1S/C27H32N2O6/c1-6-16-35-19-10-8-18(9-11-19)25(30)23-24(21-13-12-20(33-4)17-22(21)34-5)29(27(32)26(23)31)15-7-14-28(2)3/h6,8-13,17,24,30H,1,7,14-16H2,2-5H3/b25-23+. The number of rotatable bonds is 11. The van der Waals surface area contributed by atoms with Crippen LogP contribution < -0.4 is 14.2 Å². The Bertz CT molecular complexity index is 1110. The highest BCUT2D eigenvalue weighted by Gasteiger charge is 2.46. The highest BCUT2D eigenvalue weighted by molar-refractivity contribution is 6.46. The van der Waals surface area contributed by atoms with Crippen LogP contribution in [0.3, 0.4) is 0 Å². The molecule has 0 radical (unpaired) electrons. The number of amides is 1. The van der Waals surface area contributed by atoms with Crippen molar-refractivity contribution in [1.29, 1.82) is 0 Å². The van der Waals surface area contributed by atoms with E-state index < -0.39 is 17.7 Å². The minimum Gasteiger partial charge on any atom is -0.507 e. The van der Waals surface area contributed by atoms with Gasteiger partial charge in [-0.05, 0) is 63.5 Å². The second-order valence-electron chi connectivity index (χ2n) is 8.38. The zero-order valence-corrected chi connectivity index (χ0v) is 20.6. The summed E-state index contributed by atoms with van der Waals surface area (Å²) in [6.45, 7) is 5.05. The van der Waals surface area contributed by atoms with Crippen LogP contribution in [-0.2, 0) is 9.59 Å². The molecule has 1 heterocycles. The van der Waals surface area contributed by atoms with Gasteiger partial charge in [0.15, 0.2) is 0 Å². The van der Waals surface area contributed by atoms with Crippen molar-refractivity contribution in [3.05, 3.63) is 71.8 Å². The van der Waals surface area contributed by atoms with Crippen molar-refractivity contribution >= 4 is 17.4 Å². The van der Waals surface area contributed by atoms with Gasteiger partial charge >= 0.3 is 0 Å². The Morgan fingerprint density at radius 2 is 1.77 bits per heavy atom. The molecule has 0 spiro atoms. The Morgan fingerprint density at radius 1 is 1.09 bits per heavy atom. The Kier molecular flexibility index (Phi) is 8.54. The maximum absolute atomic E-state index is 13.2. The summed E-state index contributed by atoms with van der Waals surface area (Å²) in [6.07, 6.45) is 2.29. The van der Waals surface area contributed by atoms with Gasteiger partial charge in [0.2, 0.25) is 0 Å². The Balaban J connectivity index is 2.11. The maximum Gasteiger partial charge on any atom is 0.295 e. The van der Waals surface area contributed by atoms with Gasteiger partial charge in [0.1, 0.15) is 29.6 Å². The molecule has 2 aromatic carbocycles. The maximum atomic E-state index is 13.2. The van der Waals surface area contributed by atoms with E-state index >= 15 is 0 Å². The zero-order chi connectivity index (χ0) is 25.5. The fourth-order valence-corrected chi connectivity index (χ4v) is 4.06. The van der Waals surface area contributed by atoms with Gasteiger partial charge in [-0.15, -0.1) is 0 Å². The predicted octanol–water partition coefficient (Wildman–Crippen LogP) is 3.64. The monoisotopic (exact) mass is 480 g/mol. The van der Waals surface area contributed by atoms with E-state index in [9.17, 15) is 14.7 Å². The molecule has 1 amide bonds. The van der Waals surface area contributed by atoms with E-state index in [1.165, 1.54) is 12.0 Å². The number of aliphatic hydroxyl groups excluding tert-OH is 1. The number of aliphatic hydroxyl groups is 1. The first-order valence-electron chi connectivity index (χ1n) is 11.3. The van der Waals surface area contributed by atoms with E-state index in [1.807, 2.05) is 19.0 Å². The molecule has 1 aliphatic heterocycles. The van der Waals surface area contributed by atoms with Crippen LogP contribution in [0.15, 0.2) is 60.7 Å². The number of carbonyl (C=O) groups is 2. The molecule has 0 aliphatic carbocycles. The molecule has 1 fully saturated rings. The van der Waals surface area contributed by atoms with Crippen molar-refractivity contribution in [1.82, 2.24) is 9.80 Å². The van der Waals surface area contributed by atoms with Gasteiger partial charge in [0.05, 0.1) is 25.8 Å². The van der Waals surface area contributed by atoms with E-state index in [2.05, 4.69) is 6.58 Å². The van der Waals surface area contributed by atoms with Gasteiger partial charge < -0.3 is 29.1 Å². The van der Waals surface area contributed by atoms with Crippen molar-refractivity contribution in [2.24, 2.45) is 0 Å². The summed E-state index contributed by atoms with van der Waals surface area (Å²) in [5.74, 6) is -0.0184. The lowest BCUT2D eigenvalue weighted by Gasteiger charge is -2.27. The number of nitrogens with zero attached hydrogens (tertiary/aromatic N) is 2. The predicted molar refractivity (Wildman–Crippen MR) is 134 cm³/mol. The first kappa shape index (κ1) is 25.8. The third kappa shape index (κ3) is 5.66. The second-order valence-corrected chi connectivity index (χ2v) is 8.38. The zero-order valence-electron chi connectivity index (χ0n) is 20.6. The number of ketones is 1. The fraction of sp³-hybridized carbons (Fsp3) is 0.333. The molecule has 1 atom stereocenters. The smallest absolute Gasteiger partial charge is 0.295 e. The van der Waals surface area contributed by atoms with Crippen molar-refractivity contribution in [2.75, 3.05) is 48.0 Å². The number of Topliss-reactive ketones (excluding diaryl/α,β-unsaturated/α-hetero) is 1. The molecule has 186 valence electrons. The second kappa shape index (κ2) is 11.6. The number of carbonyl (C=O) groups excluding carboxylic acids is 2. The van der Waals surface area contributed by atoms with Gasteiger partial charge in [-0.3, -0.25) is 9.59 Å². The fourth-order valence-electron chi connectivity index (χ4n) is 4.06. The molecular weight excluding hydrogens is 448 g/mol. The molecule has 3 rings (SSSR count). The van der Waals surface area contributed by atoms with Crippen molar-refractivity contribution in [2.45, 2.75) is 12.5 Å². The van der Waals surface area contributed by atoms with Crippen LogP contribution in [0.1, 0.15) is 23.6 Å². The van der Waals surface area contributed by atoms with E-state index in [4.69, 9.17) is 14.2 Å². The molecule has 8 heteroatoms. The molecule has 2 aromatic rings. The van der Waals surface area contributed by atoms with E-state index in [1.54, 1.807) is 55.7 Å². The van der Waals surface area contributed by atoms with Gasteiger partial charge in [0, 0.05) is 23.7 Å². The van der Waals surface area contributed by atoms with Crippen LogP contribution >= 0.6 is 0 Å². The summed E-state index contributed by atoms with van der Waals surface area (Å²) >= 11 is 0. The summed E-state index contributed by atoms with van der Waals surface area (Å²) in [6, 6.07) is 11.1. The number of methoxy groups -OCH3 is 2. The molecule has 35 heavy (non-hydrogen) atoms. The van der Waals surface area contributed by atoms with Crippen LogP contribution in [0.25, 0.3) is 5.76 Å². The van der Waals surface area contributed by atoms with Gasteiger partial charge in [-0.25, -0.2) is 0 Å². The molecule has 0 saturated carbocycles. The van der Waals surface area contributed by atoms with E-state index in [0.717, 1.165) is 6.54 Å². The minimum atomic E-state index is -0.810. The first-order chi connectivity index (χ1) is 16.8. The number of ether oxygens (including phenoxy) is 3. The van der Waals surface area contributed by atoms with Crippen LogP contribution in [0.4, 0.5) is 0 Å². The summed E-state index contributed by atoms with van der Waals surface area (Å²) in [5, 5.41) is 11.3. The summed E-state index contributed by atoms with van der Waals surface area (Å²) in [5.41, 5.74) is 1.01. The van der Waals surface area contributed by atoms with Crippen molar-refractivity contribution < 1.29 is 28.9 Å². The third-order valence-corrected chi connectivity index (χ3v) is 5.78. The largest absolute Gasteiger partial charge is 0.507 e. The molecular formula is C27H32N2O6. The normalized spacial score (nSPS) is 17.1. The Labute approximate surface area is 206 Å². The lowest BCUT2D eigenvalue weighted by Crippen LogP contribution is -2.32. The van der Waals surface area contributed by atoms with Gasteiger partial charge in [0.25, 0.3) is 11.7 Å². The van der Waals surface area contributed by atoms with Crippen LogP contribution in [0, 0.1) is 0 Å². The lowest BCUT2D eigenvalue weighted by atomic mass is 9.94. The molecule has 8 nitrogen and oxygen atoms in total. The summed E-state index contributed by atoms with van der Waals surface area (Å²) in [7, 11) is 6.95.